The number of hydrogen-bond donors (Lipinski definition) is 0. The first kappa shape index (κ1) is 8.71. The van der Waals surface area contributed by atoms with E-state index < -0.39 is 5.26 Å². The largest absolute Gasteiger partial charge is 0.289 e. The van der Waals surface area contributed by atoms with Crippen molar-refractivity contribution < 1.29 is 4.39 Å². The van der Waals surface area contributed by atoms with Gasteiger partial charge in [-0.05, 0) is 28.1 Å². The van der Waals surface area contributed by atoms with E-state index in [1.54, 1.807) is 18.3 Å². The zero-order valence-corrected chi connectivity index (χ0v) is 8.64. The second-order valence-electron chi connectivity index (χ2n) is 2.23. The highest BCUT2D eigenvalue weighted by Gasteiger charge is 2.05. The van der Waals surface area contributed by atoms with Crippen LogP contribution >= 0.6 is 27.3 Å². The molecule has 13 heavy (non-hydrogen) atoms. The average Bonchev–Trinajstić information content (AvgIpc) is 2.53. The van der Waals surface area contributed by atoms with Crippen molar-refractivity contribution in [3.63, 3.8) is 0 Å². The molecule has 0 saturated heterocycles. The van der Waals surface area contributed by atoms with Crippen LogP contribution < -0.4 is 0 Å². The van der Waals surface area contributed by atoms with E-state index in [1.165, 1.54) is 0 Å². The Bertz CT molecular complexity index is 414. The lowest BCUT2D eigenvalue weighted by Gasteiger charge is -1.92. The molecule has 2 aromatic heterocycles. The second kappa shape index (κ2) is 3.47. The van der Waals surface area contributed by atoms with E-state index >= 15 is 0 Å². The van der Waals surface area contributed by atoms with Crippen molar-refractivity contribution >= 4 is 27.3 Å². The van der Waals surface area contributed by atoms with E-state index in [0.717, 1.165) is 21.5 Å². The Balaban J connectivity index is 2.41. The van der Waals surface area contributed by atoms with Gasteiger partial charge in [-0.15, -0.1) is 10.2 Å². The summed E-state index contributed by atoms with van der Waals surface area (Å²) in [7, 11) is 0. The summed E-state index contributed by atoms with van der Waals surface area (Å²) in [5, 5.41) is 6.94. The molecule has 0 spiro atoms. The smallest absolute Gasteiger partial charge is 0.249 e. The predicted octanol–water partition coefficient (Wildman–Crippen LogP) is 2.50. The minimum absolute atomic E-state index is 0.530. The summed E-state index contributed by atoms with van der Waals surface area (Å²) >= 11 is 4.11. The van der Waals surface area contributed by atoms with E-state index in [2.05, 4.69) is 31.1 Å². The Morgan fingerprint density at radius 1 is 1.31 bits per heavy atom. The third-order valence-electron chi connectivity index (χ3n) is 1.37. The third-order valence-corrected chi connectivity index (χ3v) is 2.60. The van der Waals surface area contributed by atoms with Crippen molar-refractivity contribution in [2.24, 2.45) is 0 Å². The molecule has 0 aliphatic rings. The van der Waals surface area contributed by atoms with Gasteiger partial charge in [0.1, 0.15) is 4.60 Å². The van der Waals surface area contributed by atoms with Gasteiger partial charge in [0, 0.05) is 11.8 Å². The first-order valence-electron chi connectivity index (χ1n) is 3.36. The van der Waals surface area contributed by atoms with Gasteiger partial charge < -0.3 is 0 Å². The van der Waals surface area contributed by atoms with Crippen LogP contribution in [0.2, 0.25) is 0 Å². The van der Waals surface area contributed by atoms with Crippen molar-refractivity contribution in [2.45, 2.75) is 0 Å². The maximum absolute atomic E-state index is 12.5. The van der Waals surface area contributed by atoms with Crippen LogP contribution in [0, 0.1) is 5.26 Å². The molecule has 0 amide bonds. The van der Waals surface area contributed by atoms with Crippen LogP contribution in [-0.2, 0) is 0 Å². The van der Waals surface area contributed by atoms with Crippen LogP contribution in [0.3, 0.4) is 0 Å². The molecule has 0 saturated carbocycles. The normalized spacial score (nSPS) is 10.3. The molecule has 0 fully saturated rings. The minimum atomic E-state index is -0.530. The summed E-state index contributed by atoms with van der Waals surface area (Å²) in [4.78, 5) is 4.00. The average molecular weight is 260 g/mol. The number of pyridine rings is 1. The van der Waals surface area contributed by atoms with Crippen LogP contribution in [0.15, 0.2) is 22.9 Å². The second-order valence-corrected chi connectivity index (χ2v) is 3.97. The molecule has 0 aliphatic carbocycles. The Labute approximate surface area is 85.8 Å². The van der Waals surface area contributed by atoms with Crippen molar-refractivity contribution in [1.82, 2.24) is 15.2 Å². The predicted molar refractivity (Wildman–Crippen MR) is 50.8 cm³/mol. The molecule has 2 aromatic rings. The summed E-state index contributed by atoms with van der Waals surface area (Å²) in [6.45, 7) is 0. The summed E-state index contributed by atoms with van der Waals surface area (Å²) < 4.78 is 13.2. The molecular formula is C7H3BrFN3S. The zero-order valence-electron chi connectivity index (χ0n) is 6.24. The van der Waals surface area contributed by atoms with Gasteiger partial charge in [0.2, 0.25) is 0 Å². The Morgan fingerprint density at radius 2 is 2.15 bits per heavy atom. The van der Waals surface area contributed by atoms with E-state index in [-0.39, 0.29) is 0 Å². The lowest BCUT2D eigenvalue weighted by molar-refractivity contribution is 0.601. The van der Waals surface area contributed by atoms with Crippen molar-refractivity contribution in [3.8, 4) is 10.6 Å². The highest BCUT2D eigenvalue weighted by molar-refractivity contribution is 9.10. The van der Waals surface area contributed by atoms with Gasteiger partial charge in [-0.3, -0.25) is 0 Å². The molecule has 0 radical (unpaired) electrons. The summed E-state index contributed by atoms with van der Waals surface area (Å²) in [5.74, 6) is 0. The highest BCUT2D eigenvalue weighted by Crippen LogP contribution is 2.22. The number of rotatable bonds is 1. The van der Waals surface area contributed by atoms with Crippen LogP contribution in [0.1, 0.15) is 0 Å². The standard InChI is InChI=1S/C7H3BrFN3S/c8-5-2-1-4(3-10-5)6-11-12-7(9)13-6/h1-3H. The Morgan fingerprint density at radius 3 is 2.69 bits per heavy atom. The topological polar surface area (TPSA) is 38.7 Å². The number of hydrogen-bond acceptors (Lipinski definition) is 4. The first-order chi connectivity index (χ1) is 6.25. The van der Waals surface area contributed by atoms with Gasteiger partial charge >= 0.3 is 0 Å². The van der Waals surface area contributed by atoms with E-state index in [9.17, 15) is 4.39 Å². The number of aromatic nitrogens is 3. The summed E-state index contributed by atoms with van der Waals surface area (Å²) in [5.41, 5.74) is 0.768. The van der Waals surface area contributed by atoms with Crippen molar-refractivity contribution in [2.75, 3.05) is 0 Å². The van der Waals surface area contributed by atoms with Crippen LogP contribution in [-0.4, -0.2) is 15.2 Å². The molecular weight excluding hydrogens is 257 g/mol. The van der Waals surface area contributed by atoms with E-state index in [1.807, 2.05) is 0 Å². The Kier molecular flexibility index (Phi) is 2.32. The maximum Gasteiger partial charge on any atom is 0.289 e. The van der Waals surface area contributed by atoms with Crippen molar-refractivity contribution in [1.29, 1.82) is 0 Å². The molecule has 3 nitrogen and oxygen atoms in total. The molecule has 0 unspecified atom stereocenters. The van der Waals surface area contributed by atoms with Gasteiger partial charge in [0.15, 0.2) is 5.01 Å². The zero-order chi connectivity index (χ0) is 9.26. The third kappa shape index (κ3) is 1.89. The molecule has 6 heteroatoms. The highest BCUT2D eigenvalue weighted by atomic mass is 79.9. The lowest BCUT2D eigenvalue weighted by atomic mass is 10.3. The first-order valence-corrected chi connectivity index (χ1v) is 4.97. The molecule has 0 N–H and O–H groups in total. The van der Waals surface area contributed by atoms with Gasteiger partial charge in [0.05, 0.1) is 0 Å². The quantitative estimate of drug-likeness (QED) is 0.739. The van der Waals surface area contributed by atoms with Gasteiger partial charge in [0.25, 0.3) is 5.26 Å². The van der Waals surface area contributed by atoms with Gasteiger partial charge in [-0.1, -0.05) is 11.3 Å². The fraction of sp³-hybridized carbons (Fsp3) is 0. The molecule has 0 aliphatic heterocycles. The lowest BCUT2D eigenvalue weighted by Crippen LogP contribution is -1.79. The number of halogens is 2. The fourth-order valence-electron chi connectivity index (χ4n) is 0.824. The number of nitrogens with zero attached hydrogens (tertiary/aromatic N) is 3. The fourth-order valence-corrected chi connectivity index (χ4v) is 1.62. The minimum Gasteiger partial charge on any atom is -0.249 e. The van der Waals surface area contributed by atoms with Crippen LogP contribution in [0.25, 0.3) is 10.6 Å². The molecule has 0 bridgehead atoms. The van der Waals surface area contributed by atoms with E-state index in [0.29, 0.717) is 5.01 Å². The van der Waals surface area contributed by atoms with Crippen molar-refractivity contribution in [3.05, 3.63) is 28.2 Å². The SMILES string of the molecule is Fc1nnc(-c2ccc(Br)nc2)s1. The summed E-state index contributed by atoms with van der Waals surface area (Å²) in [6.07, 6.45) is 1.62. The maximum atomic E-state index is 12.5. The van der Waals surface area contributed by atoms with Gasteiger partial charge in [-0.25, -0.2) is 4.98 Å². The van der Waals surface area contributed by atoms with Crippen LogP contribution in [0.4, 0.5) is 4.39 Å². The molecule has 2 rings (SSSR count). The molecule has 2 heterocycles. The summed E-state index contributed by atoms with van der Waals surface area (Å²) in [6, 6.07) is 3.58. The molecule has 0 atom stereocenters. The van der Waals surface area contributed by atoms with E-state index in [4.69, 9.17) is 0 Å². The Hall–Kier alpha value is -0.880. The van der Waals surface area contributed by atoms with Gasteiger partial charge in [-0.2, -0.15) is 4.39 Å². The monoisotopic (exact) mass is 259 g/mol. The van der Waals surface area contributed by atoms with Crippen LogP contribution in [0.5, 0.6) is 0 Å². The molecule has 0 aromatic carbocycles. The molecule has 66 valence electrons.